The minimum atomic E-state index is -1.80. The summed E-state index contributed by atoms with van der Waals surface area (Å²) in [6.07, 6.45) is 1.86. The number of rotatable bonds is 4. The maximum Gasteiger partial charge on any atom is 0.186 e. The number of nitrogens with zero attached hydrogens (tertiary/aromatic N) is 1. The third kappa shape index (κ3) is 5.35. The molecule has 0 aromatic heterocycles. The summed E-state index contributed by atoms with van der Waals surface area (Å²) in [4.78, 5) is 10.6. The molecule has 2 aliphatic heterocycles. The molecule has 2 heterocycles. The van der Waals surface area contributed by atoms with E-state index in [-0.39, 0.29) is 0 Å². The zero-order chi connectivity index (χ0) is 21.9. The third-order valence-electron chi connectivity index (χ3n) is 4.55. The van der Waals surface area contributed by atoms with Crippen LogP contribution in [0.5, 0.6) is 11.5 Å². The highest BCUT2D eigenvalue weighted by atomic mass is 35.5. The van der Waals surface area contributed by atoms with Crippen molar-refractivity contribution in [2.45, 2.75) is 38.6 Å². The average Bonchev–Trinajstić information content (AvgIpc) is 3.33. The molecule has 2 aromatic rings. The van der Waals surface area contributed by atoms with Gasteiger partial charge in [-0.2, -0.15) is 5.26 Å². The maximum atomic E-state index is 10.6. The fraction of sp³-hybridized carbons (Fsp3) is 0.364. The van der Waals surface area contributed by atoms with E-state index in [1.165, 1.54) is 0 Å². The predicted octanol–water partition coefficient (Wildman–Crippen LogP) is 5.78. The number of ether oxygens (including phenoxy) is 2. The molecule has 0 spiro atoms. The van der Waals surface area contributed by atoms with Crippen molar-refractivity contribution < 1.29 is 18.7 Å². The van der Waals surface area contributed by atoms with Gasteiger partial charge in [-0.1, -0.05) is 23.2 Å². The van der Waals surface area contributed by atoms with Crippen LogP contribution in [-0.4, -0.2) is 27.8 Å². The molecule has 2 aromatic carbocycles. The van der Waals surface area contributed by atoms with Crippen LogP contribution >= 0.6 is 23.2 Å². The molecule has 0 saturated carbocycles. The van der Waals surface area contributed by atoms with E-state index in [0.717, 1.165) is 41.6 Å². The second-order valence-electron chi connectivity index (χ2n) is 8.02. The Kier molecular flexibility index (Phi) is 7.09. The highest BCUT2D eigenvalue weighted by Gasteiger charge is 2.28. The molecule has 158 valence electrons. The first kappa shape index (κ1) is 22.6. The number of carbonyl (C=O) groups is 1. The first-order chi connectivity index (χ1) is 14.2. The third-order valence-corrected chi connectivity index (χ3v) is 5.93. The predicted molar refractivity (Wildman–Crippen MR) is 119 cm³/mol. The molecule has 0 N–H and O–H groups in total. The van der Waals surface area contributed by atoms with Gasteiger partial charge in [0, 0.05) is 28.5 Å². The topological polar surface area (TPSA) is 68.5 Å². The minimum absolute atomic E-state index is 0.551. The average molecular weight is 464 g/mol. The van der Waals surface area contributed by atoms with Gasteiger partial charge in [-0.05, 0) is 55.0 Å². The SMILES string of the molecule is C[Si](C)(C)OC(C#N)c1cc(Cl)cc2c1OCC2.O=Cc1cc(Cl)cc2c1OCC2. The number of carbonyl (C=O) groups excluding carboxylic acids is 1. The summed E-state index contributed by atoms with van der Waals surface area (Å²) in [5, 5.41) is 10.5. The minimum Gasteiger partial charge on any atom is -0.493 e. The summed E-state index contributed by atoms with van der Waals surface area (Å²) in [6, 6.07) is 9.35. The quantitative estimate of drug-likeness (QED) is 0.424. The monoisotopic (exact) mass is 463 g/mol. The smallest absolute Gasteiger partial charge is 0.186 e. The summed E-state index contributed by atoms with van der Waals surface area (Å²) < 4.78 is 16.8. The van der Waals surface area contributed by atoms with E-state index in [1.54, 1.807) is 12.1 Å². The Morgan fingerprint density at radius 3 is 2.17 bits per heavy atom. The Labute approximate surface area is 187 Å². The lowest BCUT2D eigenvalue weighted by Gasteiger charge is -2.23. The van der Waals surface area contributed by atoms with Crippen LogP contribution in [-0.2, 0) is 17.3 Å². The Morgan fingerprint density at radius 2 is 1.60 bits per heavy atom. The lowest BCUT2D eigenvalue weighted by atomic mass is 10.0. The summed E-state index contributed by atoms with van der Waals surface area (Å²) in [5.41, 5.74) is 3.41. The highest BCUT2D eigenvalue weighted by Crippen LogP contribution is 2.38. The van der Waals surface area contributed by atoms with Crippen LogP contribution in [0.1, 0.15) is 33.2 Å². The molecule has 0 aliphatic carbocycles. The van der Waals surface area contributed by atoms with Crippen molar-refractivity contribution >= 4 is 37.8 Å². The molecular weight excluding hydrogens is 441 g/mol. The fourth-order valence-electron chi connectivity index (χ4n) is 3.39. The molecule has 30 heavy (non-hydrogen) atoms. The van der Waals surface area contributed by atoms with E-state index in [0.29, 0.717) is 34.6 Å². The van der Waals surface area contributed by atoms with E-state index in [4.69, 9.17) is 37.1 Å². The van der Waals surface area contributed by atoms with Crippen molar-refractivity contribution in [3.05, 3.63) is 56.6 Å². The van der Waals surface area contributed by atoms with Crippen LogP contribution in [0.2, 0.25) is 29.7 Å². The first-order valence-corrected chi connectivity index (χ1v) is 13.8. The van der Waals surface area contributed by atoms with Gasteiger partial charge < -0.3 is 13.9 Å². The molecule has 1 unspecified atom stereocenters. The number of halogens is 2. The fourth-order valence-corrected chi connectivity index (χ4v) is 4.78. The van der Waals surface area contributed by atoms with Gasteiger partial charge in [0.1, 0.15) is 11.5 Å². The zero-order valence-electron chi connectivity index (χ0n) is 17.1. The molecule has 0 bridgehead atoms. The Balaban J connectivity index is 0.000000184. The molecule has 4 rings (SSSR count). The van der Waals surface area contributed by atoms with E-state index >= 15 is 0 Å². The van der Waals surface area contributed by atoms with E-state index in [1.807, 2.05) is 12.1 Å². The van der Waals surface area contributed by atoms with Crippen molar-refractivity contribution in [2.24, 2.45) is 0 Å². The van der Waals surface area contributed by atoms with Gasteiger partial charge in [-0.3, -0.25) is 4.79 Å². The Hall–Kier alpha value is -2.04. The number of aldehydes is 1. The van der Waals surface area contributed by atoms with Gasteiger partial charge in [0.05, 0.1) is 24.8 Å². The summed E-state index contributed by atoms with van der Waals surface area (Å²) in [5.74, 6) is 1.48. The van der Waals surface area contributed by atoms with E-state index in [9.17, 15) is 10.1 Å². The first-order valence-electron chi connectivity index (χ1n) is 9.65. The number of fused-ring (bicyclic) bond motifs is 2. The number of hydrogen-bond acceptors (Lipinski definition) is 5. The van der Waals surface area contributed by atoms with Crippen molar-refractivity contribution in [3.63, 3.8) is 0 Å². The number of hydrogen-bond donors (Lipinski definition) is 0. The molecule has 5 nitrogen and oxygen atoms in total. The van der Waals surface area contributed by atoms with Gasteiger partial charge in [0.25, 0.3) is 0 Å². The summed E-state index contributed by atoms with van der Waals surface area (Å²) >= 11 is 11.9. The normalized spacial score (nSPS) is 14.9. The van der Waals surface area contributed by atoms with Crippen LogP contribution in [0.25, 0.3) is 0 Å². The van der Waals surface area contributed by atoms with Crippen molar-refractivity contribution in [1.82, 2.24) is 0 Å². The maximum absolute atomic E-state index is 10.6. The van der Waals surface area contributed by atoms with Gasteiger partial charge in [0.2, 0.25) is 0 Å². The standard InChI is InChI=1S/C13H16ClNO2Si.C9H7ClO2/c1-18(2,3)17-12(8-15)11-7-10(14)6-9-4-5-16-13(9)11;10-8-3-6-1-2-12-9(6)7(4-8)5-11/h6-7,12H,4-5H2,1-3H3;3-5H,1-2H2. The van der Waals surface area contributed by atoms with E-state index in [2.05, 4.69) is 25.7 Å². The van der Waals surface area contributed by atoms with Crippen LogP contribution < -0.4 is 9.47 Å². The van der Waals surface area contributed by atoms with Gasteiger partial charge in [0.15, 0.2) is 20.7 Å². The van der Waals surface area contributed by atoms with Crippen LogP contribution in [0.15, 0.2) is 24.3 Å². The number of nitriles is 1. The lowest BCUT2D eigenvalue weighted by Crippen LogP contribution is -2.27. The van der Waals surface area contributed by atoms with Crippen molar-refractivity contribution in [2.75, 3.05) is 13.2 Å². The van der Waals surface area contributed by atoms with Crippen molar-refractivity contribution in [1.29, 1.82) is 5.26 Å². The number of benzene rings is 2. The van der Waals surface area contributed by atoms with Gasteiger partial charge >= 0.3 is 0 Å². The Bertz CT molecular complexity index is 998. The van der Waals surface area contributed by atoms with Crippen LogP contribution in [0.3, 0.4) is 0 Å². The van der Waals surface area contributed by atoms with Crippen molar-refractivity contribution in [3.8, 4) is 17.6 Å². The molecule has 0 saturated heterocycles. The van der Waals surface area contributed by atoms with Gasteiger partial charge in [-0.15, -0.1) is 0 Å². The molecule has 2 aliphatic rings. The molecule has 0 fully saturated rings. The second kappa shape index (κ2) is 9.40. The molecule has 0 radical (unpaired) electrons. The molecule has 0 amide bonds. The highest BCUT2D eigenvalue weighted by molar-refractivity contribution is 6.69. The lowest BCUT2D eigenvalue weighted by molar-refractivity contribution is 0.112. The largest absolute Gasteiger partial charge is 0.493 e. The molecule has 8 heteroatoms. The van der Waals surface area contributed by atoms with Crippen LogP contribution in [0.4, 0.5) is 0 Å². The molecular formula is C22H23Cl2NO4Si. The van der Waals surface area contributed by atoms with Gasteiger partial charge in [-0.25, -0.2) is 0 Å². The molecule has 1 atom stereocenters. The summed E-state index contributed by atoms with van der Waals surface area (Å²) in [6.45, 7) is 7.47. The zero-order valence-corrected chi connectivity index (χ0v) is 19.6. The Morgan fingerprint density at radius 1 is 1.03 bits per heavy atom. The second-order valence-corrected chi connectivity index (χ2v) is 13.4. The van der Waals surface area contributed by atoms with E-state index < -0.39 is 14.4 Å². The van der Waals surface area contributed by atoms with Crippen LogP contribution in [0, 0.1) is 11.3 Å². The summed E-state index contributed by atoms with van der Waals surface area (Å²) in [7, 11) is -1.80.